The number of hydrogen-bond donors (Lipinski definition) is 1. The summed E-state index contributed by atoms with van der Waals surface area (Å²) in [6.45, 7) is 5.00. The Labute approximate surface area is 113 Å². The molecule has 0 spiro atoms. The van der Waals surface area contributed by atoms with Gasteiger partial charge in [0.2, 0.25) is 0 Å². The fraction of sp³-hybridized carbons (Fsp3) is 0.500. The second kappa shape index (κ2) is 7.11. The van der Waals surface area contributed by atoms with Crippen molar-refractivity contribution in [1.82, 2.24) is 9.80 Å². The Kier molecular flexibility index (Phi) is 5.18. The van der Waals surface area contributed by atoms with E-state index in [1.807, 2.05) is 35.2 Å². The third kappa shape index (κ3) is 4.22. The van der Waals surface area contributed by atoms with Gasteiger partial charge in [0.25, 0.3) is 5.91 Å². The molecule has 19 heavy (non-hydrogen) atoms. The molecule has 0 aliphatic carbocycles. The first-order chi connectivity index (χ1) is 9.29. The lowest BCUT2D eigenvalue weighted by atomic mass is 10.3. The number of carbonyl (C=O) groups excluding carboxylic acids is 1. The molecule has 0 radical (unpaired) electrons. The van der Waals surface area contributed by atoms with Gasteiger partial charge in [-0.3, -0.25) is 9.69 Å². The van der Waals surface area contributed by atoms with E-state index in [2.05, 4.69) is 4.90 Å². The van der Waals surface area contributed by atoms with Crippen LogP contribution in [0.2, 0.25) is 0 Å². The van der Waals surface area contributed by atoms with Crippen LogP contribution in [0.4, 0.5) is 0 Å². The van der Waals surface area contributed by atoms with Crippen molar-refractivity contribution in [1.29, 1.82) is 0 Å². The number of benzene rings is 1. The molecular formula is C14H21N3O2. The lowest BCUT2D eigenvalue weighted by Crippen LogP contribution is -2.50. The summed E-state index contributed by atoms with van der Waals surface area (Å²) >= 11 is 0. The van der Waals surface area contributed by atoms with Crippen LogP contribution in [-0.4, -0.2) is 61.6 Å². The lowest BCUT2D eigenvalue weighted by Gasteiger charge is -2.34. The molecule has 1 aliphatic heterocycles. The predicted octanol–water partition coefficient (Wildman–Crippen LogP) is 0.168. The second-order valence-corrected chi connectivity index (χ2v) is 4.61. The fourth-order valence-electron chi connectivity index (χ4n) is 2.16. The minimum atomic E-state index is 0.0521. The molecule has 104 valence electrons. The monoisotopic (exact) mass is 263 g/mol. The summed E-state index contributed by atoms with van der Waals surface area (Å²) in [6.07, 6.45) is 0. The Bertz CT molecular complexity index is 389. The van der Waals surface area contributed by atoms with Crippen LogP contribution in [0.15, 0.2) is 30.3 Å². The number of amides is 1. The minimum Gasteiger partial charge on any atom is -0.484 e. The molecule has 1 aromatic rings. The van der Waals surface area contributed by atoms with Gasteiger partial charge >= 0.3 is 0 Å². The van der Waals surface area contributed by atoms with Crippen LogP contribution in [0.25, 0.3) is 0 Å². The van der Waals surface area contributed by atoms with E-state index in [0.29, 0.717) is 6.54 Å². The third-order valence-electron chi connectivity index (χ3n) is 3.28. The van der Waals surface area contributed by atoms with E-state index < -0.39 is 0 Å². The van der Waals surface area contributed by atoms with Crippen molar-refractivity contribution >= 4 is 5.91 Å². The quantitative estimate of drug-likeness (QED) is 0.822. The van der Waals surface area contributed by atoms with Gasteiger partial charge in [-0.2, -0.15) is 0 Å². The average molecular weight is 263 g/mol. The Balaban J connectivity index is 1.73. The van der Waals surface area contributed by atoms with Crippen molar-refractivity contribution in [3.05, 3.63) is 30.3 Å². The maximum atomic E-state index is 12.0. The summed E-state index contributed by atoms with van der Waals surface area (Å²) in [5, 5.41) is 0. The molecule has 0 unspecified atom stereocenters. The van der Waals surface area contributed by atoms with Crippen LogP contribution in [0, 0.1) is 0 Å². The smallest absolute Gasteiger partial charge is 0.260 e. The van der Waals surface area contributed by atoms with Crippen LogP contribution in [-0.2, 0) is 4.79 Å². The Morgan fingerprint density at radius 1 is 1.16 bits per heavy atom. The Morgan fingerprint density at radius 2 is 1.84 bits per heavy atom. The molecule has 0 atom stereocenters. The molecular weight excluding hydrogens is 242 g/mol. The molecule has 1 aliphatic rings. The van der Waals surface area contributed by atoms with Crippen molar-refractivity contribution in [2.45, 2.75) is 0 Å². The maximum absolute atomic E-state index is 12.0. The normalized spacial score (nSPS) is 16.4. The van der Waals surface area contributed by atoms with Crippen LogP contribution >= 0.6 is 0 Å². The molecule has 2 rings (SSSR count). The maximum Gasteiger partial charge on any atom is 0.260 e. The van der Waals surface area contributed by atoms with Gasteiger partial charge in [0.15, 0.2) is 6.61 Å². The van der Waals surface area contributed by atoms with Crippen LogP contribution in [0.5, 0.6) is 5.75 Å². The molecule has 1 saturated heterocycles. The van der Waals surface area contributed by atoms with Crippen LogP contribution < -0.4 is 10.5 Å². The van der Waals surface area contributed by atoms with Crippen molar-refractivity contribution in [3.63, 3.8) is 0 Å². The first kappa shape index (κ1) is 13.8. The van der Waals surface area contributed by atoms with Gasteiger partial charge in [0.1, 0.15) is 5.75 Å². The van der Waals surface area contributed by atoms with Crippen LogP contribution in [0.1, 0.15) is 0 Å². The van der Waals surface area contributed by atoms with Gasteiger partial charge in [-0.25, -0.2) is 0 Å². The topological polar surface area (TPSA) is 58.8 Å². The second-order valence-electron chi connectivity index (χ2n) is 4.61. The average Bonchev–Trinajstić information content (AvgIpc) is 2.47. The fourth-order valence-corrected chi connectivity index (χ4v) is 2.16. The summed E-state index contributed by atoms with van der Waals surface area (Å²) < 4.78 is 5.47. The van der Waals surface area contributed by atoms with E-state index in [1.165, 1.54) is 0 Å². The van der Waals surface area contributed by atoms with E-state index in [1.54, 1.807) is 0 Å². The largest absolute Gasteiger partial charge is 0.484 e. The Hall–Kier alpha value is -1.59. The van der Waals surface area contributed by atoms with Crippen molar-refractivity contribution in [2.24, 2.45) is 5.73 Å². The van der Waals surface area contributed by atoms with Gasteiger partial charge in [0.05, 0.1) is 0 Å². The highest BCUT2D eigenvalue weighted by Gasteiger charge is 2.20. The van der Waals surface area contributed by atoms with Gasteiger partial charge in [-0.05, 0) is 12.1 Å². The third-order valence-corrected chi connectivity index (χ3v) is 3.28. The summed E-state index contributed by atoms with van der Waals surface area (Å²) in [7, 11) is 0. The van der Waals surface area contributed by atoms with E-state index in [4.69, 9.17) is 10.5 Å². The zero-order valence-corrected chi connectivity index (χ0v) is 11.1. The number of nitrogens with zero attached hydrogens (tertiary/aromatic N) is 2. The van der Waals surface area contributed by atoms with E-state index in [-0.39, 0.29) is 12.5 Å². The van der Waals surface area contributed by atoms with Gasteiger partial charge in [0, 0.05) is 39.3 Å². The van der Waals surface area contributed by atoms with Gasteiger partial charge in [-0.15, -0.1) is 0 Å². The number of piperazine rings is 1. The van der Waals surface area contributed by atoms with Gasteiger partial charge < -0.3 is 15.4 Å². The number of nitrogens with two attached hydrogens (primary N) is 1. The first-order valence-corrected chi connectivity index (χ1v) is 6.67. The van der Waals surface area contributed by atoms with Crippen molar-refractivity contribution in [2.75, 3.05) is 45.9 Å². The molecule has 1 fully saturated rings. The van der Waals surface area contributed by atoms with E-state index >= 15 is 0 Å². The minimum absolute atomic E-state index is 0.0521. The zero-order chi connectivity index (χ0) is 13.5. The number of hydrogen-bond acceptors (Lipinski definition) is 4. The molecule has 0 aromatic heterocycles. The SMILES string of the molecule is NCCN1CCN(C(=O)COc2ccccc2)CC1. The van der Waals surface area contributed by atoms with E-state index in [9.17, 15) is 4.79 Å². The molecule has 1 amide bonds. The van der Waals surface area contributed by atoms with Crippen LogP contribution in [0.3, 0.4) is 0 Å². The molecule has 0 saturated carbocycles. The molecule has 5 nitrogen and oxygen atoms in total. The summed E-state index contributed by atoms with van der Waals surface area (Å²) in [6, 6.07) is 9.42. The molecule has 2 N–H and O–H groups in total. The summed E-state index contributed by atoms with van der Waals surface area (Å²) in [5.74, 6) is 0.786. The van der Waals surface area contributed by atoms with Crippen molar-refractivity contribution in [3.8, 4) is 5.75 Å². The lowest BCUT2D eigenvalue weighted by molar-refractivity contribution is -0.135. The van der Waals surface area contributed by atoms with E-state index in [0.717, 1.165) is 38.5 Å². The standard InChI is InChI=1S/C14H21N3O2/c15-6-7-16-8-10-17(11-9-16)14(18)12-19-13-4-2-1-3-5-13/h1-5H,6-12,15H2. The molecule has 0 bridgehead atoms. The molecule has 1 heterocycles. The highest BCUT2D eigenvalue weighted by Crippen LogP contribution is 2.09. The summed E-state index contributed by atoms with van der Waals surface area (Å²) in [4.78, 5) is 16.1. The highest BCUT2D eigenvalue weighted by molar-refractivity contribution is 5.77. The van der Waals surface area contributed by atoms with Gasteiger partial charge in [-0.1, -0.05) is 18.2 Å². The molecule has 1 aromatic carbocycles. The van der Waals surface area contributed by atoms with Crippen molar-refractivity contribution < 1.29 is 9.53 Å². The number of para-hydroxylation sites is 1. The number of ether oxygens (including phenoxy) is 1. The first-order valence-electron chi connectivity index (χ1n) is 6.67. The predicted molar refractivity (Wildman–Crippen MR) is 74.0 cm³/mol. The zero-order valence-electron chi connectivity index (χ0n) is 11.1. The summed E-state index contributed by atoms with van der Waals surface area (Å²) in [5.41, 5.74) is 5.52. The molecule has 5 heteroatoms. The highest BCUT2D eigenvalue weighted by atomic mass is 16.5. The Morgan fingerprint density at radius 3 is 2.47 bits per heavy atom. The number of carbonyl (C=O) groups is 1. The number of rotatable bonds is 5.